The van der Waals surface area contributed by atoms with Gasteiger partial charge in [-0.1, -0.05) is 0 Å². The average Bonchev–Trinajstić information content (AvgIpc) is 3.22. The molecule has 0 radical (unpaired) electrons. The Hall–Kier alpha value is -1.42. The molecule has 0 fully saturated rings. The van der Waals surface area contributed by atoms with Crippen LogP contribution in [0.3, 0.4) is 0 Å². The standard InChI is InChI=1S/C21H26BrN3O3S2/c1-3-28-20(26)17-13-6-4-5-7-15(13)30-19(17)24-21(27)23-10-14-12-8-9-25(2)11-16(12)29-18(14)22/h3-11H2,1-2H3,(H2,23,24,27). The van der Waals surface area contributed by atoms with Crippen LogP contribution < -0.4 is 10.6 Å². The Kier molecular flexibility index (Phi) is 6.81. The molecule has 0 unspecified atom stereocenters. The Labute approximate surface area is 193 Å². The van der Waals surface area contributed by atoms with E-state index in [1.165, 1.54) is 26.7 Å². The van der Waals surface area contributed by atoms with Crippen LogP contribution in [-0.4, -0.2) is 37.1 Å². The highest BCUT2D eigenvalue weighted by Gasteiger charge is 2.27. The van der Waals surface area contributed by atoms with Gasteiger partial charge in [-0.15, -0.1) is 22.7 Å². The molecule has 2 aromatic rings. The molecule has 30 heavy (non-hydrogen) atoms. The fraction of sp³-hybridized carbons (Fsp3) is 0.524. The monoisotopic (exact) mass is 511 g/mol. The van der Waals surface area contributed by atoms with Crippen molar-refractivity contribution in [2.75, 3.05) is 25.5 Å². The summed E-state index contributed by atoms with van der Waals surface area (Å²) in [5.41, 5.74) is 4.11. The van der Waals surface area contributed by atoms with Crippen LogP contribution in [0.25, 0.3) is 0 Å². The third-order valence-corrected chi connectivity index (χ3v) is 8.83. The summed E-state index contributed by atoms with van der Waals surface area (Å²) in [5.74, 6) is -0.342. The number of esters is 1. The van der Waals surface area contributed by atoms with Crippen LogP contribution in [-0.2, 0) is 37.1 Å². The zero-order chi connectivity index (χ0) is 21.3. The number of halogens is 1. The zero-order valence-electron chi connectivity index (χ0n) is 17.2. The zero-order valence-corrected chi connectivity index (χ0v) is 20.4. The molecule has 162 valence electrons. The Morgan fingerprint density at radius 3 is 2.73 bits per heavy atom. The maximum Gasteiger partial charge on any atom is 0.341 e. The normalized spacial score (nSPS) is 16.0. The van der Waals surface area contributed by atoms with Crippen LogP contribution in [0, 0.1) is 0 Å². The lowest BCUT2D eigenvalue weighted by Gasteiger charge is -2.22. The number of ether oxygens (including phenoxy) is 1. The lowest BCUT2D eigenvalue weighted by atomic mass is 9.95. The van der Waals surface area contributed by atoms with Gasteiger partial charge in [0.05, 0.1) is 16.0 Å². The van der Waals surface area contributed by atoms with Crippen LogP contribution in [0.4, 0.5) is 9.80 Å². The summed E-state index contributed by atoms with van der Waals surface area (Å²) in [4.78, 5) is 30.1. The molecule has 9 heteroatoms. The molecule has 4 rings (SSSR count). The molecule has 2 amide bonds. The molecule has 1 aliphatic carbocycles. The number of nitrogens with one attached hydrogen (secondary N) is 2. The largest absolute Gasteiger partial charge is 0.462 e. The summed E-state index contributed by atoms with van der Waals surface area (Å²) in [7, 11) is 2.13. The van der Waals surface area contributed by atoms with Crippen molar-refractivity contribution in [1.82, 2.24) is 10.2 Å². The van der Waals surface area contributed by atoms with Crippen molar-refractivity contribution in [2.45, 2.75) is 52.1 Å². The number of nitrogens with zero attached hydrogens (tertiary/aromatic N) is 1. The van der Waals surface area contributed by atoms with E-state index in [1.807, 2.05) is 0 Å². The Balaban J connectivity index is 1.47. The third-order valence-electron chi connectivity index (χ3n) is 5.61. The molecule has 2 N–H and O–H groups in total. The number of likely N-dealkylation sites (N-methyl/N-ethyl adjacent to an activating group) is 1. The molecular weight excluding hydrogens is 486 g/mol. The van der Waals surface area contributed by atoms with Gasteiger partial charge in [0.25, 0.3) is 0 Å². The highest BCUT2D eigenvalue weighted by Crippen LogP contribution is 2.39. The highest BCUT2D eigenvalue weighted by molar-refractivity contribution is 9.11. The minimum atomic E-state index is -0.342. The van der Waals surface area contributed by atoms with Gasteiger partial charge >= 0.3 is 12.0 Å². The van der Waals surface area contributed by atoms with Crippen molar-refractivity contribution in [3.05, 3.63) is 35.8 Å². The smallest absolute Gasteiger partial charge is 0.341 e. The number of thiophene rings is 2. The van der Waals surface area contributed by atoms with Gasteiger partial charge in [-0.25, -0.2) is 9.59 Å². The van der Waals surface area contributed by atoms with Crippen LogP contribution in [0.2, 0.25) is 0 Å². The van der Waals surface area contributed by atoms with E-state index < -0.39 is 0 Å². The predicted molar refractivity (Wildman–Crippen MR) is 125 cm³/mol. The van der Waals surface area contributed by atoms with Crippen molar-refractivity contribution in [3.63, 3.8) is 0 Å². The van der Waals surface area contributed by atoms with Crippen molar-refractivity contribution in [2.24, 2.45) is 0 Å². The predicted octanol–water partition coefficient (Wildman–Crippen LogP) is 4.94. The van der Waals surface area contributed by atoms with Crippen molar-refractivity contribution in [3.8, 4) is 0 Å². The minimum absolute atomic E-state index is 0.293. The van der Waals surface area contributed by atoms with E-state index in [0.29, 0.717) is 23.7 Å². The van der Waals surface area contributed by atoms with Crippen LogP contribution in [0.5, 0.6) is 0 Å². The van der Waals surface area contributed by atoms with E-state index in [0.717, 1.165) is 60.1 Å². The van der Waals surface area contributed by atoms with Crippen LogP contribution in [0.1, 0.15) is 56.6 Å². The van der Waals surface area contributed by atoms with Gasteiger partial charge in [0.15, 0.2) is 0 Å². The van der Waals surface area contributed by atoms with Gasteiger partial charge < -0.3 is 15.0 Å². The van der Waals surface area contributed by atoms with Gasteiger partial charge in [-0.2, -0.15) is 0 Å². The summed E-state index contributed by atoms with van der Waals surface area (Å²) in [6, 6.07) is -0.293. The van der Waals surface area contributed by atoms with E-state index in [1.54, 1.807) is 18.3 Å². The van der Waals surface area contributed by atoms with E-state index in [9.17, 15) is 9.59 Å². The Bertz CT molecular complexity index is 969. The van der Waals surface area contributed by atoms with Gasteiger partial charge in [0.1, 0.15) is 5.00 Å². The number of aryl methyl sites for hydroxylation is 1. The van der Waals surface area contributed by atoms with Crippen molar-refractivity contribution in [1.29, 1.82) is 0 Å². The first kappa shape index (κ1) is 21.8. The van der Waals surface area contributed by atoms with E-state index in [2.05, 4.69) is 38.5 Å². The molecule has 0 saturated heterocycles. The Morgan fingerprint density at radius 2 is 1.93 bits per heavy atom. The molecule has 2 aliphatic rings. The molecule has 3 heterocycles. The number of amides is 2. The van der Waals surface area contributed by atoms with E-state index in [4.69, 9.17) is 4.74 Å². The fourth-order valence-electron chi connectivity index (χ4n) is 4.13. The molecule has 0 spiro atoms. The molecule has 0 bridgehead atoms. The summed E-state index contributed by atoms with van der Waals surface area (Å²) in [5, 5.41) is 6.51. The first-order valence-electron chi connectivity index (χ1n) is 10.3. The second kappa shape index (κ2) is 9.38. The maximum atomic E-state index is 12.7. The average molecular weight is 512 g/mol. The number of hydrogen-bond donors (Lipinski definition) is 2. The number of hydrogen-bond acceptors (Lipinski definition) is 6. The van der Waals surface area contributed by atoms with E-state index in [-0.39, 0.29) is 12.0 Å². The molecular formula is C21H26BrN3O3S2. The van der Waals surface area contributed by atoms with Gasteiger partial charge in [-0.3, -0.25) is 5.32 Å². The molecule has 1 aliphatic heterocycles. The molecule has 6 nitrogen and oxygen atoms in total. The number of anilines is 1. The third kappa shape index (κ3) is 4.44. The number of carbonyl (C=O) groups is 2. The van der Waals surface area contributed by atoms with Crippen LogP contribution in [0.15, 0.2) is 3.79 Å². The Morgan fingerprint density at radius 1 is 1.13 bits per heavy atom. The highest BCUT2D eigenvalue weighted by atomic mass is 79.9. The molecule has 0 aromatic carbocycles. The lowest BCUT2D eigenvalue weighted by Crippen LogP contribution is -2.30. The second-order valence-corrected chi connectivity index (χ2v) is 11.2. The lowest BCUT2D eigenvalue weighted by molar-refractivity contribution is 0.0526. The van der Waals surface area contributed by atoms with E-state index >= 15 is 0 Å². The van der Waals surface area contributed by atoms with Gasteiger partial charge in [-0.05, 0) is 78.7 Å². The summed E-state index contributed by atoms with van der Waals surface area (Å²) < 4.78 is 6.35. The molecule has 0 saturated carbocycles. The fourth-order valence-corrected chi connectivity index (χ4v) is 7.53. The number of fused-ring (bicyclic) bond motifs is 2. The second-order valence-electron chi connectivity index (χ2n) is 7.69. The number of carbonyl (C=O) groups excluding carboxylic acids is 2. The quantitative estimate of drug-likeness (QED) is 0.557. The van der Waals surface area contributed by atoms with Gasteiger partial charge in [0.2, 0.25) is 0 Å². The first-order valence-corrected chi connectivity index (χ1v) is 12.7. The summed E-state index contributed by atoms with van der Waals surface area (Å²) >= 11 is 6.93. The first-order chi connectivity index (χ1) is 14.5. The summed E-state index contributed by atoms with van der Waals surface area (Å²) in [6.07, 6.45) is 5.00. The van der Waals surface area contributed by atoms with Crippen molar-refractivity contribution < 1.29 is 14.3 Å². The molecule has 0 atom stereocenters. The SMILES string of the molecule is CCOC(=O)c1c(NC(=O)NCc2c(Br)sc3c2CCN(C)C3)sc2c1CCCC2. The van der Waals surface area contributed by atoms with Crippen LogP contribution >= 0.6 is 38.6 Å². The van der Waals surface area contributed by atoms with Gasteiger partial charge in [0, 0.05) is 29.4 Å². The van der Waals surface area contributed by atoms with Crippen molar-refractivity contribution >= 4 is 55.6 Å². The number of urea groups is 1. The topological polar surface area (TPSA) is 70.7 Å². The maximum absolute atomic E-state index is 12.7. The summed E-state index contributed by atoms with van der Waals surface area (Å²) in [6.45, 7) is 4.56. The molecule has 2 aromatic heterocycles. The minimum Gasteiger partial charge on any atom is -0.462 e. The number of rotatable bonds is 5.